The standard InChI is InChI=1S/C17H30As.ClH/c1-4-5-6-7-8-12-15-18(2,3)16-17-13-10-9-11-14-17;/h9-11,13-14H,4-8,12,15-16H2,1-3H3;1H/q+1;/p-1. The Morgan fingerprint density at radius 3 is 2.05 bits per heavy atom. The second-order valence-electron chi connectivity index (χ2n) is 6.07. The van der Waals surface area contributed by atoms with Crippen LogP contribution in [0.3, 0.4) is 0 Å². The van der Waals surface area contributed by atoms with Crippen LogP contribution in [0.4, 0.5) is 0 Å². The second kappa shape index (κ2) is 10.8. The van der Waals surface area contributed by atoms with E-state index >= 15 is 0 Å². The normalized spacial score (nSPS) is 11.1. The van der Waals surface area contributed by atoms with E-state index in [9.17, 15) is 0 Å². The maximum absolute atomic E-state index is 2.58. The van der Waals surface area contributed by atoms with Gasteiger partial charge < -0.3 is 12.4 Å². The number of hydrogen-bond acceptors (Lipinski definition) is 0. The van der Waals surface area contributed by atoms with Gasteiger partial charge in [0.25, 0.3) is 0 Å². The van der Waals surface area contributed by atoms with Gasteiger partial charge in [0.2, 0.25) is 0 Å². The van der Waals surface area contributed by atoms with E-state index in [0.717, 1.165) is 0 Å². The fourth-order valence-electron chi connectivity index (χ4n) is 2.48. The summed E-state index contributed by atoms with van der Waals surface area (Å²) in [6.45, 7) is 2.29. The third-order valence-corrected chi connectivity index (χ3v) is 9.34. The van der Waals surface area contributed by atoms with E-state index in [4.69, 9.17) is 0 Å². The average molecular weight is 345 g/mol. The molecule has 0 saturated heterocycles. The van der Waals surface area contributed by atoms with Crippen molar-refractivity contribution in [2.45, 2.75) is 67.3 Å². The van der Waals surface area contributed by atoms with Crippen LogP contribution in [0.1, 0.15) is 51.0 Å². The van der Waals surface area contributed by atoms with Gasteiger partial charge in [-0.05, 0) is 0 Å². The summed E-state index contributed by atoms with van der Waals surface area (Å²) in [6, 6.07) is 11.1. The first-order valence-corrected chi connectivity index (χ1v) is 13.9. The van der Waals surface area contributed by atoms with Crippen molar-refractivity contribution in [1.29, 1.82) is 0 Å². The monoisotopic (exact) mass is 344 g/mol. The van der Waals surface area contributed by atoms with Gasteiger partial charge in [-0.15, -0.1) is 0 Å². The Balaban J connectivity index is 0.00000324. The molecule has 0 aromatic heterocycles. The zero-order valence-corrected chi connectivity index (χ0v) is 15.5. The molecule has 0 aliphatic carbocycles. The molecule has 0 heterocycles. The van der Waals surface area contributed by atoms with Crippen LogP contribution < -0.4 is 12.4 Å². The van der Waals surface area contributed by atoms with Crippen LogP contribution in [0.25, 0.3) is 0 Å². The van der Waals surface area contributed by atoms with Crippen LogP contribution in [0, 0.1) is 0 Å². The number of halogens is 1. The fraction of sp³-hybridized carbons (Fsp3) is 0.647. The van der Waals surface area contributed by atoms with E-state index in [2.05, 4.69) is 48.7 Å². The molecule has 1 rings (SSSR count). The summed E-state index contributed by atoms with van der Waals surface area (Å²) in [4.78, 5) is 0. The zero-order valence-electron chi connectivity index (χ0n) is 12.9. The molecule has 19 heavy (non-hydrogen) atoms. The molecule has 0 spiro atoms. The van der Waals surface area contributed by atoms with Gasteiger partial charge >= 0.3 is 117 Å². The number of hydrogen-bond donors (Lipinski definition) is 0. The molecule has 0 saturated carbocycles. The summed E-state index contributed by atoms with van der Waals surface area (Å²) < 4.78 is 0. The molecular formula is C17H30AsCl. The molecule has 0 nitrogen and oxygen atoms in total. The van der Waals surface area contributed by atoms with Gasteiger partial charge in [0.15, 0.2) is 0 Å². The van der Waals surface area contributed by atoms with Crippen LogP contribution in [0.5, 0.6) is 0 Å². The Morgan fingerprint density at radius 1 is 0.842 bits per heavy atom. The van der Waals surface area contributed by atoms with Crippen LogP contribution in [-0.2, 0) is 5.21 Å². The van der Waals surface area contributed by atoms with E-state index in [1.165, 1.54) is 48.9 Å². The first-order chi connectivity index (χ1) is 8.64. The Hall–Kier alpha value is 0.0684. The van der Waals surface area contributed by atoms with Crippen molar-refractivity contribution in [3.05, 3.63) is 35.9 Å². The van der Waals surface area contributed by atoms with Gasteiger partial charge in [-0.3, -0.25) is 0 Å². The second-order valence-corrected chi connectivity index (χ2v) is 15.8. The van der Waals surface area contributed by atoms with Crippen LogP contribution in [0.2, 0.25) is 16.6 Å². The van der Waals surface area contributed by atoms with E-state index in [1.807, 2.05) is 0 Å². The minimum atomic E-state index is -1.36. The Bertz CT molecular complexity index is 308. The molecule has 0 unspecified atom stereocenters. The molecule has 0 N–H and O–H groups in total. The Labute approximate surface area is 129 Å². The SMILES string of the molecule is CCCCCCCC[As+](C)(C)Cc1ccccc1.[Cl-]. The molecule has 0 aliphatic rings. The summed E-state index contributed by atoms with van der Waals surface area (Å²) >= 11 is -1.36. The van der Waals surface area contributed by atoms with Crippen LogP contribution in [0.15, 0.2) is 30.3 Å². The van der Waals surface area contributed by atoms with Crippen molar-refractivity contribution in [2.75, 3.05) is 0 Å². The maximum atomic E-state index is 2.58. The van der Waals surface area contributed by atoms with Gasteiger partial charge in [-0.2, -0.15) is 0 Å². The van der Waals surface area contributed by atoms with Gasteiger partial charge in [0.05, 0.1) is 0 Å². The minimum Gasteiger partial charge on any atom is -1.00 e. The summed E-state index contributed by atoms with van der Waals surface area (Å²) in [6.07, 6.45) is 8.61. The quantitative estimate of drug-likeness (QED) is 0.477. The molecule has 0 aliphatic heterocycles. The zero-order chi connectivity index (χ0) is 13.3. The third kappa shape index (κ3) is 9.58. The average Bonchev–Trinajstić information content (AvgIpc) is 2.34. The summed E-state index contributed by atoms with van der Waals surface area (Å²) in [5.41, 5.74) is 6.72. The van der Waals surface area contributed by atoms with Crippen molar-refractivity contribution >= 4 is 13.6 Å². The van der Waals surface area contributed by atoms with Crippen LogP contribution >= 0.6 is 0 Å². The fourth-order valence-corrected chi connectivity index (χ4v) is 7.59. The van der Waals surface area contributed by atoms with Gasteiger partial charge in [0.1, 0.15) is 0 Å². The topological polar surface area (TPSA) is 0 Å². The van der Waals surface area contributed by atoms with Crippen molar-refractivity contribution in [3.63, 3.8) is 0 Å². The van der Waals surface area contributed by atoms with Gasteiger partial charge in [0, 0.05) is 0 Å². The first-order valence-electron chi connectivity index (χ1n) is 7.50. The van der Waals surface area contributed by atoms with Crippen molar-refractivity contribution < 1.29 is 12.4 Å². The molecular weight excluding hydrogens is 315 g/mol. The smallest absolute Gasteiger partial charge is 1.00 e. The number of unbranched alkanes of at least 4 members (excludes halogenated alkanes) is 5. The van der Waals surface area contributed by atoms with Crippen molar-refractivity contribution in [3.8, 4) is 0 Å². The minimum absolute atomic E-state index is 0. The van der Waals surface area contributed by atoms with Crippen LogP contribution in [-0.4, -0.2) is 13.6 Å². The number of benzene rings is 1. The molecule has 0 atom stereocenters. The molecule has 2 heteroatoms. The van der Waals surface area contributed by atoms with E-state index in [0.29, 0.717) is 0 Å². The molecule has 1 aromatic rings. The maximum Gasteiger partial charge on any atom is -1.00 e. The third-order valence-electron chi connectivity index (χ3n) is 3.57. The number of rotatable bonds is 9. The largest absolute Gasteiger partial charge is 1.00 e. The Kier molecular flexibility index (Phi) is 10.8. The van der Waals surface area contributed by atoms with Crippen molar-refractivity contribution in [1.82, 2.24) is 0 Å². The van der Waals surface area contributed by atoms with Gasteiger partial charge in [-0.25, -0.2) is 0 Å². The molecule has 0 amide bonds. The van der Waals surface area contributed by atoms with E-state index in [-0.39, 0.29) is 12.4 Å². The predicted octanol–water partition coefficient (Wildman–Crippen LogP) is 2.84. The van der Waals surface area contributed by atoms with Gasteiger partial charge in [-0.1, -0.05) is 0 Å². The summed E-state index contributed by atoms with van der Waals surface area (Å²) in [5, 5.41) is 2.91. The summed E-state index contributed by atoms with van der Waals surface area (Å²) in [7, 11) is 0. The first kappa shape index (κ1) is 19.1. The molecule has 0 bridgehead atoms. The van der Waals surface area contributed by atoms with E-state index in [1.54, 1.807) is 5.56 Å². The Morgan fingerprint density at radius 2 is 1.42 bits per heavy atom. The molecule has 1 aromatic carbocycles. The van der Waals surface area contributed by atoms with Crippen molar-refractivity contribution in [2.24, 2.45) is 0 Å². The molecule has 0 fully saturated rings. The summed E-state index contributed by atoms with van der Waals surface area (Å²) in [5.74, 6) is 0. The molecule has 0 radical (unpaired) electrons. The molecule has 110 valence electrons. The predicted molar refractivity (Wildman–Crippen MR) is 85.8 cm³/mol. The van der Waals surface area contributed by atoms with E-state index < -0.39 is 13.6 Å².